The molecule has 1 saturated heterocycles. The fourth-order valence-electron chi connectivity index (χ4n) is 2.35. The smallest absolute Gasteiger partial charge is 0.347 e. The third kappa shape index (κ3) is 2.51. The van der Waals surface area contributed by atoms with Gasteiger partial charge in [0.2, 0.25) is 0 Å². The maximum Gasteiger partial charge on any atom is 0.347 e. The van der Waals surface area contributed by atoms with Crippen LogP contribution in [-0.2, 0) is 21.0 Å². The zero-order valence-corrected chi connectivity index (χ0v) is 13.0. The first-order chi connectivity index (χ1) is 11.3. The average Bonchev–Trinajstić information content (AvgIpc) is 3.07. The van der Waals surface area contributed by atoms with E-state index in [1.54, 1.807) is 30.3 Å². The molecule has 2 heterocycles. The molecule has 0 aliphatic carbocycles. The van der Waals surface area contributed by atoms with E-state index in [9.17, 15) is 19.7 Å². The molecule has 0 bridgehead atoms. The van der Waals surface area contributed by atoms with Crippen LogP contribution in [0, 0.1) is 15.5 Å². The third-order valence-electron chi connectivity index (χ3n) is 3.79. The molecule has 2 aromatic rings. The number of rotatable bonds is 4. The summed E-state index contributed by atoms with van der Waals surface area (Å²) in [6.07, 6.45) is 0. The Bertz CT molecular complexity index is 839. The molecule has 0 N–H and O–H groups in total. The standard InChI is InChI=1S/C16H14N2O6/c1-16(2)14(19)17(24-15(16)20)9-10-7-8-13(23-10)11-5-3-4-6-12(11)18(21)22/h3-8H,9H2,1-2H3. The van der Waals surface area contributed by atoms with Gasteiger partial charge in [0.15, 0.2) is 0 Å². The Morgan fingerprint density at radius 1 is 1.17 bits per heavy atom. The number of hydroxylamine groups is 2. The normalized spacial score (nSPS) is 16.3. The van der Waals surface area contributed by atoms with Crippen molar-refractivity contribution < 1.29 is 23.8 Å². The number of hydrogen-bond donors (Lipinski definition) is 0. The van der Waals surface area contributed by atoms with E-state index in [-0.39, 0.29) is 12.2 Å². The molecule has 1 aromatic heterocycles. The minimum atomic E-state index is -1.23. The number of furan rings is 1. The average molecular weight is 330 g/mol. The van der Waals surface area contributed by atoms with Crippen molar-refractivity contribution in [2.45, 2.75) is 20.4 Å². The second-order valence-corrected chi connectivity index (χ2v) is 5.89. The highest BCUT2D eigenvalue weighted by Gasteiger charge is 2.49. The molecular weight excluding hydrogens is 316 g/mol. The Hall–Kier alpha value is -3.16. The Balaban J connectivity index is 1.84. The quantitative estimate of drug-likeness (QED) is 0.485. The van der Waals surface area contributed by atoms with Gasteiger partial charge in [-0.05, 0) is 32.0 Å². The van der Waals surface area contributed by atoms with Crippen molar-refractivity contribution >= 4 is 17.6 Å². The minimum Gasteiger partial charge on any atom is -0.459 e. The van der Waals surface area contributed by atoms with E-state index < -0.39 is 22.2 Å². The summed E-state index contributed by atoms with van der Waals surface area (Å²) in [7, 11) is 0. The van der Waals surface area contributed by atoms with Gasteiger partial charge < -0.3 is 9.25 Å². The van der Waals surface area contributed by atoms with Gasteiger partial charge in [0.25, 0.3) is 11.6 Å². The predicted molar refractivity (Wildman–Crippen MR) is 81.2 cm³/mol. The van der Waals surface area contributed by atoms with E-state index >= 15 is 0 Å². The monoisotopic (exact) mass is 330 g/mol. The summed E-state index contributed by atoms with van der Waals surface area (Å²) < 4.78 is 5.58. The van der Waals surface area contributed by atoms with Crippen molar-refractivity contribution in [3.8, 4) is 11.3 Å². The SMILES string of the molecule is CC1(C)C(=O)ON(Cc2ccc(-c3ccccc3[N+](=O)[O-])o2)C1=O. The van der Waals surface area contributed by atoms with E-state index in [4.69, 9.17) is 9.25 Å². The van der Waals surface area contributed by atoms with Crippen LogP contribution in [0.3, 0.4) is 0 Å². The lowest BCUT2D eigenvalue weighted by molar-refractivity contribution is -0.384. The summed E-state index contributed by atoms with van der Waals surface area (Å²) in [6, 6.07) is 9.34. The van der Waals surface area contributed by atoms with Gasteiger partial charge in [-0.3, -0.25) is 14.9 Å². The van der Waals surface area contributed by atoms with Crippen LogP contribution in [0.25, 0.3) is 11.3 Å². The highest BCUT2D eigenvalue weighted by Crippen LogP contribution is 2.33. The lowest BCUT2D eigenvalue weighted by atomic mass is 9.94. The number of nitro benzene ring substituents is 1. The first-order valence-corrected chi connectivity index (χ1v) is 7.17. The molecule has 0 unspecified atom stereocenters. The van der Waals surface area contributed by atoms with Crippen LogP contribution >= 0.6 is 0 Å². The number of nitro groups is 1. The Labute approximate surface area is 136 Å². The predicted octanol–water partition coefficient (Wildman–Crippen LogP) is 2.68. The molecule has 0 spiro atoms. The number of benzene rings is 1. The largest absolute Gasteiger partial charge is 0.459 e. The molecule has 8 heteroatoms. The van der Waals surface area contributed by atoms with Gasteiger partial charge in [0, 0.05) is 6.07 Å². The number of nitrogens with zero attached hydrogens (tertiary/aromatic N) is 2. The van der Waals surface area contributed by atoms with Gasteiger partial charge in [-0.1, -0.05) is 12.1 Å². The van der Waals surface area contributed by atoms with Crippen LogP contribution in [0.5, 0.6) is 0 Å². The van der Waals surface area contributed by atoms with Gasteiger partial charge in [-0.25, -0.2) is 4.79 Å². The fourth-order valence-corrected chi connectivity index (χ4v) is 2.35. The molecule has 1 amide bonds. The van der Waals surface area contributed by atoms with E-state index in [2.05, 4.69) is 0 Å². The minimum absolute atomic E-state index is 0.0609. The van der Waals surface area contributed by atoms with Crippen molar-refractivity contribution in [3.05, 3.63) is 52.3 Å². The zero-order valence-electron chi connectivity index (χ0n) is 13.0. The summed E-state index contributed by atoms with van der Waals surface area (Å²) in [5.74, 6) is -0.439. The topological polar surface area (TPSA) is 103 Å². The highest BCUT2D eigenvalue weighted by molar-refractivity contribution is 6.05. The molecule has 0 atom stereocenters. The van der Waals surface area contributed by atoms with Crippen molar-refractivity contribution in [1.29, 1.82) is 0 Å². The molecule has 1 aliphatic rings. The number of hydrogen-bond acceptors (Lipinski definition) is 6. The van der Waals surface area contributed by atoms with Crippen molar-refractivity contribution in [2.75, 3.05) is 0 Å². The summed E-state index contributed by atoms with van der Waals surface area (Å²) >= 11 is 0. The molecule has 1 aromatic carbocycles. The summed E-state index contributed by atoms with van der Waals surface area (Å²) in [5, 5.41) is 12.0. The number of carbonyl (C=O) groups is 2. The molecule has 124 valence electrons. The maximum atomic E-state index is 12.1. The van der Waals surface area contributed by atoms with Crippen LogP contribution in [0.15, 0.2) is 40.8 Å². The lowest BCUT2D eigenvalue weighted by Gasteiger charge is -2.12. The molecule has 1 aliphatic heterocycles. The third-order valence-corrected chi connectivity index (χ3v) is 3.79. The van der Waals surface area contributed by atoms with Gasteiger partial charge >= 0.3 is 5.97 Å². The van der Waals surface area contributed by atoms with Gasteiger partial charge in [0.1, 0.15) is 23.5 Å². The molecule has 1 fully saturated rings. The van der Waals surface area contributed by atoms with Crippen molar-refractivity contribution in [1.82, 2.24) is 5.06 Å². The fraction of sp³-hybridized carbons (Fsp3) is 0.250. The van der Waals surface area contributed by atoms with Gasteiger partial charge in [-0.15, -0.1) is 0 Å². The van der Waals surface area contributed by atoms with Crippen LogP contribution in [0.1, 0.15) is 19.6 Å². The summed E-state index contributed by atoms with van der Waals surface area (Å²) in [4.78, 5) is 39.3. The van der Waals surface area contributed by atoms with E-state index in [1.807, 2.05) is 0 Å². The maximum absolute atomic E-state index is 12.1. The molecule has 0 radical (unpaired) electrons. The van der Waals surface area contributed by atoms with Gasteiger partial charge in [-0.2, -0.15) is 5.06 Å². The first-order valence-electron chi connectivity index (χ1n) is 7.17. The number of para-hydroxylation sites is 1. The summed E-state index contributed by atoms with van der Waals surface area (Å²) in [6.45, 7) is 2.91. The first kappa shape index (κ1) is 15.7. The second kappa shape index (κ2) is 5.48. The van der Waals surface area contributed by atoms with Crippen LogP contribution < -0.4 is 0 Å². The Morgan fingerprint density at radius 2 is 1.88 bits per heavy atom. The van der Waals surface area contributed by atoms with Crippen LogP contribution in [0.4, 0.5) is 5.69 Å². The molecule has 8 nitrogen and oxygen atoms in total. The molecule has 24 heavy (non-hydrogen) atoms. The van der Waals surface area contributed by atoms with Crippen molar-refractivity contribution in [2.24, 2.45) is 5.41 Å². The van der Waals surface area contributed by atoms with E-state index in [0.29, 0.717) is 17.1 Å². The van der Waals surface area contributed by atoms with Crippen molar-refractivity contribution in [3.63, 3.8) is 0 Å². The second-order valence-electron chi connectivity index (χ2n) is 5.89. The highest BCUT2D eigenvalue weighted by atomic mass is 16.7. The molecule has 3 rings (SSSR count). The van der Waals surface area contributed by atoms with E-state index in [1.165, 1.54) is 19.9 Å². The zero-order chi connectivity index (χ0) is 17.5. The number of amides is 1. The Kier molecular flexibility index (Phi) is 3.59. The molecule has 0 saturated carbocycles. The molecular formula is C16H14N2O6. The van der Waals surface area contributed by atoms with Gasteiger partial charge in [0.05, 0.1) is 10.5 Å². The van der Waals surface area contributed by atoms with Crippen LogP contribution in [-0.4, -0.2) is 21.9 Å². The lowest BCUT2D eigenvalue weighted by Crippen LogP contribution is -2.31. The van der Waals surface area contributed by atoms with Crippen LogP contribution in [0.2, 0.25) is 0 Å². The Morgan fingerprint density at radius 3 is 2.50 bits per heavy atom. The summed E-state index contributed by atoms with van der Waals surface area (Å²) in [5.41, 5.74) is -0.977. The number of carbonyl (C=O) groups excluding carboxylic acids is 2. The van der Waals surface area contributed by atoms with E-state index in [0.717, 1.165) is 5.06 Å².